The fraction of sp³-hybridized carbons (Fsp3) is 0.294. The molecule has 2 amide bonds. The maximum Gasteiger partial charge on any atom is 0.258 e. The number of hydrogen-bond donors (Lipinski definition) is 1. The molecule has 0 spiro atoms. The van der Waals surface area contributed by atoms with E-state index in [1.165, 1.54) is 12.4 Å². The minimum absolute atomic E-state index is 0.275. The summed E-state index contributed by atoms with van der Waals surface area (Å²) in [5.41, 5.74) is 1.05. The summed E-state index contributed by atoms with van der Waals surface area (Å²) in [6.07, 6.45) is 3.87. The van der Waals surface area contributed by atoms with Gasteiger partial charge in [0.15, 0.2) is 0 Å². The predicted octanol–water partition coefficient (Wildman–Crippen LogP) is 1.02. The van der Waals surface area contributed by atoms with Gasteiger partial charge in [0, 0.05) is 44.3 Å². The van der Waals surface area contributed by atoms with Gasteiger partial charge in [-0.3, -0.25) is 9.59 Å². The zero-order valence-electron chi connectivity index (χ0n) is 13.9. The molecule has 2 aromatic rings. The minimum atomic E-state index is -0.275. The molecule has 130 valence electrons. The smallest absolute Gasteiger partial charge is 0.258 e. The Morgan fingerprint density at radius 2 is 1.76 bits per heavy atom. The van der Waals surface area contributed by atoms with E-state index in [0.29, 0.717) is 43.4 Å². The number of carbonyl (C=O) groups excluding carboxylic acids is 2. The first-order chi connectivity index (χ1) is 12.2. The number of nitrogens with zero attached hydrogens (tertiary/aromatic N) is 4. The Kier molecular flexibility index (Phi) is 5.08. The molecule has 1 saturated heterocycles. The average molecular weight is 341 g/mol. The molecule has 2 heterocycles. The van der Waals surface area contributed by atoms with Crippen LogP contribution >= 0.6 is 0 Å². The summed E-state index contributed by atoms with van der Waals surface area (Å²) in [4.78, 5) is 35.2. The summed E-state index contributed by atoms with van der Waals surface area (Å²) in [6, 6.07) is 7.07. The molecule has 0 bridgehead atoms. The lowest BCUT2D eigenvalue weighted by molar-refractivity contribution is -0.118. The van der Waals surface area contributed by atoms with E-state index in [1.54, 1.807) is 36.3 Å². The first kappa shape index (κ1) is 16.7. The molecule has 0 radical (unpaired) electrons. The summed E-state index contributed by atoms with van der Waals surface area (Å²) in [5, 5.41) is 2.79. The van der Waals surface area contributed by atoms with Gasteiger partial charge in [-0.05, 0) is 24.3 Å². The van der Waals surface area contributed by atoms with Crippen LogP contribution in [0, 0.1) is 0 Å². The van der Waals surface area contributed by atoms with Gasteiger partial charge in [-0.15, -0.1) is 0 Å². The SMILES string of the molecule is COc1ccc(NC(=O)c2cnc(N3CCN(C=O)CC3)nc2)cc1. The second kappa shape index (κ2) is 7.61. The molecule has 0 atom stereocenters. The number of rotatable bonds is 5. The Bertz CT molecular complexity index is 725. The van der Waals surface area contributed by atoms with Gasteiger partial charge in [-0.2, -0.15) is 0 Å². The monoisotopic (exact) mass is 341 g/mol. The lowest BCUT2D eigenvalue weighted by Gasteiger charge is -2.32. The van der Waals surface area contributed by atoms with E-state index in [4.69, 9.17) is 4.74 Å². The molecular formula is C17H19N5O3. The Morgan fingerprint density at radius 1 is 1.12 bits per heavy atom. The van der Waals surface area contributed by atoms with E-state index >= 15 is 0 Å². The molecule has 3 rings (SSSR count). The predicted molar refractivity (Wildman–Crippen MR) is 92.8 cm³/mol. The molecule has 1 N–H and O–H groups in total. The third kappa shape index (κ3) is 4.03. The Morgan fingerprint density at radius 3 is 2.32 bits per heavy atom. The molecule has 0 aliphatic carbocycles. The van der Waals surface area contributed by atoms with Crippen LogP contribution in [-0.2, 0) is 4.79 Å². The van der Waals surface area contributed by atoms with Gasteiger partial charge in [-0.25, -0.2) is 9.97 Å². The number of methoxy groups -OCH3 is 1. The maximum absolute atomic E-state index is 12.3. The molecule has 1 fully saturated rings. The van der Waals surface area contributed by atoms with Crippen molar-refractivity contribution in [3.63, 3.8) is 0 Å². The largest absolute Gasteiger partial charge is 0.497 e. The molecular weight excluding hydrogens is 322 g/mol. The van der Waals surface area contributed by atoms with E-state index < -0.39 is 0 Å². The molecule has 0 unspecified atom stereocenters. The van der Waals surface area contributed by atoms with Crippen molar-refractivity contribution >= 4 is 24.0 Å². The summed E-state index contributed by atoms with van der Waals surface area (Å²) in [5.74, 6) is 1.01. The first-order valence-electron chi connectivity index (χ1n) is 7.91. The number of anilines is 2. The Labute approximate surface area is 145 Å². The molecule has 8 nitrogen and oxygen atoms in total. The number of piperazine rings is 1. The fourth-order valence-electron chi connectivity index (χ4n) is 2.51. The summed E-state index contributed by atoms with van der Waals surface area (Å²) in [7, 11) is 1.59. The van der Waals surface area contributed by atoms with Gasteiger partial charge in [0.25, 0.3) is 5.91 Å². The lowest BCUT2D eigenvalue weighted by atomic mass is 10.2. The standard InChI is InChI=1S/C17H19N5O3/c1-25-15-4-2-14(3-5-15)20-16(24)13-10-18-17(19-11-13)22-8-6-21(12-23)7-9-22/h2-5,10-12H,6-9H2,1H3,(H,20,24). The van der Waals surface area contributed by atoms with Crippen molar-refractivity contribution < 1.29 is 14.3 Å². The van der Waals surface area contributed by atoms with Gasteiger partial charge in [0.2, 0.25) is 12.4 Å². The number of carbonyl (C=O) groups is 2. The number of amides is 2. The zero-order chi connectivity index (χ0) is 17.6. The number of aromatic nitrogens is 2. The van der Waals surface area contributed by atoms with Crippen molar-refractivity contribution in [3.8, 4) is 5.75 Å². The molecule has 1 aromatic carbocycles. The average Bonchev–Trinajstić information content (AvgIpc) is 2.69. The number of nitrogens with one attached hydrogen (secondary N) is 1. The van der Waals surface area contributed by atoms with E-state index in [1.807, 2.05) is 4.90 Å². The highest BCUT2D eigenvalue weighted by atomic mass is 16.5. The van der Waals surface area contributed by atoms with Crippen molar-refractivity contribution in [2.75, 3.05) is 43.5 Å². The van der Waals surface area contributed by atoms with Crippen molar-refractivity contribution in [2.24, 2.45) is 0 Å². The van der Waals surface area contributed by atoms with Crippen molar-refractivity contribution in [3.05, 3.63) is 42.2 Å². The second-order valence-corrected chi connectivity index (χ2v) is 5.58. The van der Waals surface area contributed by atoms with Crippen LogP contribution in [0.15, 0.2) is 36.7 Å². The third-order valence-electron chi connectivity index (χ3n) is 3.99. The van der Waals surface area contributed by atoms with E-state index in [2.05, 4.69) is 15.3 Å². The zero-order valence-corrected chi connectivity index (χ0v) is 13.9. The van der Waals surface area contributed by atoms with Gasteiger partial charge >= 0.3 is 0 Å². The van der Waals surface area contributed by atoms with Crippen LogP contribution in [-0.4, -0.2) is 60.5 Å². The Balaban J connectivity index is 1.61. The highest BCUT2D eigenvalue weighted by molar-refractivity contribution is 6.03. The van der Waals surface area contributed by atoms with Crippen molar-refractivity contribution in [1.29, 1.82) is 0 Å². The Hall–Kier alpha value is -3.16. The summed E-state index contributed by atoms with van der Waals surface area (Å²) < 4.78 is 5.08. The lowest BCUT2D eigenvalue weighted by Crippen LogP contribution is -2.46. The highest BCUT2D eigenvalue weighted by Crippen LogP contribution is 2.16. The summed E-state index contributed by atoms with van der Waals surface area (Å²) in [6.45, 7) is 2.64. The van der Waals surface area contributed by atoms with Crippen LogP contribution in [0.25, 0.3) is 0 Å². The molecule has 25 heavy (non-hydrogen) atoms. The minimum Gasteiger partial charge on any atom is -0.497 e. The van der Waals surface area contributed by atoms with Crippen LogP contribution in [0.1, 0.15) is 10.4 Å². The fourth-order valence-corrected chi connectivity index (χ4v) is 2.51. The molecule has 0 saturated carbocycles. The van der Waals surface area contributed by atoms with E-state index in [9.17, 15) is 9.59 Å². The number of hydrogen-bond acceptors (Lipinski definition) is 6. The van der Waals surface area contributed by atoms with Gasteiger partial charge in [0.1, 0.15) is 5.75 Å². The quantitative estimate of drug-likeness (QED) is 0.817. The first-order valence-corrected chi connectivity index (χ1v) is 7.91. The normalized spacial score (nSPS) is 14.1. The van der Waals surface area contributed by atoms with Crippen LogP contribution in [0.3, 0.4) is 0 Å². The van der Waals surface area contributed by atoms with Crippen LogP contribution in [0.2, 0.25) is 0 Å². The second-order valence-electron chi connectivity index (χ2n) is 5.58. The number of benzene rings is 1. The van der Waals surface area contributed by atoms with Crippen molar-refractivity contribution in [2.45, 2.75) is 0 Å². The number of ether oxygens (including phenoxy) is 1. The maximum atomic E-state index is 12.3. The van der Waals surface area contributed by atoms with Gasteiger partial charge < -0.3 is 19.9 Å². The van der Waals surface area contributed by atoms with Gasteiger partial charge in [0.05, 0.1) is 12.7 Å². The third-order valence-corrected chi connectivity index (χ3v) is 3.99. The summed E-state index contributed by atoms with van der Waals surface area (Å²) >= 11 is 0. The highest BCUT2D eigenvalue weighted by Gasteiger charge is 2.18. The van der Waals surface area contributed by atoms with E-state index in [-0.39, 0.29) is 5.91 Å². The molecule has 1 aliphatic heterocycles. The van der Waals surface area contributed by atoms with Crippen LogP contribution in [0.5, 0.6) is 5.75 Å². The van der Waals surface area contributed by atoms with Crippen LogP contribution in [0.4, 0.5) is 11.6 Å². The molecule has 1 aliphatic rings. The van der Waals surface area contributed by atoms with E-state index in [0.717, 1.165) is 12.2 Å². The van der Waals surface area contributed by atoms with Gasteiger partial charge in [-0.1, -0.05) is 0 Å². The van der Waals surface area contributed by atoms with Crippen LogP contribution < -0.4 is 15.0 Å². The molecule has 8 heteroatoms. The molecule has 1 aromatic heterocycles. The van der Waals surface area contributed by atoms with Crippen molar-refractivity contribution in [1.82, 2.24) is 14.9 Å². The topological polar surface area (TPSA) is 87.7 Å².